The summed E-state index contributed by atoms with van der Waals surface area (Å²) >= 11 is 0. The molecule has 0 spiro atoms. The van der Waals surface area contributed by atoms with Crippen LogP contribution in [0.15, 0.2) is 0 Å². The molecule has 0 aliphatic carbocycles. The van der Waals surface area contributed by atoms with Gasteiger partial charge in [-0.25, -0.2) is 0 Å². The molecular formula is C18H36O2. The van der Waals surface area contributed by atoms with E-state index in [2.05, 4.69) is 18.6 Å². The molecule has 0 aliphatic heterocycles. The van der Waals surface area contributed by atoms with Gasteiger partial charge in [0.25, 0.3) is 0 Å². The molecule has 0 rings (SSSR count). The Labute approximate surface area is 126 Å². The van der Waals surface area contributed by atoms with Crippen LogP contribution >= 0.6 is 0 Å². The smallest absolute Gasteiger partial charge is 0.305 e. The van der Waals surface area contributed by atoms with Crippen molar-refractivity contribution >= 4 is 5.97 Å². The summed E-state index contributed by atoms with van der Waals surface area (Å²) in [5.74, 6) is 0.849. The molecular weight excluding hydrogens is 248 g/mol. The summed E-state index contributed by atoms with van der Waals surface area (Å²) in [6.45, 7) is 4.65. The van der Waals surface area contributed by atoms with E-state index in [1.165, 1.54) is 77.7 Å². The molecule has 0 saturated carbocycles. The predicted molar refractivity (Wildman–Crippen MR) is 86.9 cm³/mol. The molecule has 0 N–H and O–H groups in total. The average molecular weight is 284 g/mol. The summed E-state index contributed by atoms with van der Waals surface area (Å²) in [6.07, 6.45) is 16.5. The second-order valence-electron chi connectivity index (χ2n) is 6.16. The van der Waals surface area contributed by atoms with Crippen LogP contribution in [-0.2, 0) is 9.53 Å². The van der Waals surface area contributed by atoms with Crippen molar-refractivity contribution in [3.63, 3.8) is 0 Å². The Morgan fingerprint density at radius 2 is 1.30 bits per heavy atom. The van der Waals surface area contributed by atoms with Crippen molar-refractivity contribution in [2.45, 2.75) is 97.3 Å². The minimum Gasteiger partial charge on any atom is -0.469 e. The fourth-order valence-corrected chi connectivity index (χ4v) is 2.48. The van der Waals surface area contributed by atoms with Crippen molar-refractivity contribution in [2.24, 2.45) is 5.92 Å². The van der Waals surface area contributed by atoms with Gasteiger partial charge < -0.3 is 4.74 Å². The molecule has 120 valence electrons. The molecule has 0 heterocycles. The van der Waals surface area contributed by atoms with Crippen LogP contribution in [0.4, 0.5) is 0 Å². The van der Waals surface area contributed by atoms with Crippen LogP contribution in [0, 0.1) is 5.92 Å². The molecule has 0 bridgehead atoms. The summed E-state index contributed by atoms with van der Waals surface area (Å²) in [6, 6.07) is 0. The van der Waals surface area contributed by atoms with E-state index in [9.17, 15) is 4.79 Å². The average Bonchev–Trinajstić information content (AvgIpc) is 2.47. The second-order valence-corrected chi connectivity index (χ2v) is 6.16. The van der Waals surface area contributed by atoms with Crippen LogP contribution in [0.5, 0.6) is 0 Å². The van der Waals surface area contributed by atoms with Crippen LogP contribution in [0.3, 0.4) is 0 Å². The van der Waals surface area contributed by atoms with Crippen molar-refractivity contribution in [2.75, 3.05) is 7.11 Å². The zero-order valence-corrected chi connectivity index (χ0v) is 14.1. The first-order chi connectivity index (χ1) is 9.70. The molecule has 0 saturated heterocycles. The standard InChI is InChI=1S/C18H36O2/c1-4-17(2)15-13-11-9-7-5-6-8-10-12-14-16-18(19)20-3/h17H,4-16H2,1-3H3. The molecule has 0 radical (unpaired) electrons. The number of unbranched alkanes of at least 4 members (excludes halogenated alkanes) is 9. The third kappa shape index (κ3) is 13.9. The maximum atomic E-state index is 10.9. The third-order valence-electron chi connectivity index (χ3n) is 4.25. The lowest BCUT2D eigenvalue weighted by molar-refractivity contribution is -0.140. The zero-order chi connectivity index (χ0) is 15.1. The minimum atomic E-state index is -0.0672. The van der Waals surface area contributed by atoms with E-state index in [0.717, 1.165) is 12.3 Å². The number of ether oxygens (including phenoxy) is 1. The highest BCUT2D eigenvalue weighted by Crippen LogP contribution is 2.15. The van der Waals surface area contributed by atoms with Crippen LogP contribution < -0.4 is 0 Å². The molecule has 0 fully saturated rings. The van der Waals surface area contributed by atoms with Crippen LogP contribution in [0.1, 0.15) is 97.3 Å². The Bertz CT molecular complexity index is 213. The molecule has 1 unspecified atom stereocenters. The van der Waals surface area contributed by atoms with Crippen molar-refractivity contribution in [1.82, 2.24) is 0 Å². The number of methoxy groups -OCH3 is 1. The third-order valence-corrected chi connectivity index (χ3v) is 4.25. The number of rotatable bonds is 14. The summed E-state index contributed by atoms with van der Waals surface area (Å²) in [7, 11) is 1.46. The van der Waals surface area contributed by atoms with Crippen molar-refractivity contribution in [1.29, 1.82) is 0 Å². The minimum absolute atomic E-state index is 0.0672. The lowest BCUT2D eigenvalue weighted by atomic mass is 9.99. The van der Waals surface area contributed by atoms with Gasteiger partial charge in [0.05, 0.1) is 7.11 Å². The van der Waals surface area contributed by atoms with Gasteiger partial charge >= 0.3 is 5.97 Å². The first kappa shape index (κ1) is 19.5. The van der Waals surface area contributed by atoms with E-state index in [4.69, 9.17) is 0 Å². The fraction of sp³-hybridized carbons (Fsp3) is 0.944. The normalized spacial score (nSPS) is 12.3. The Hall–Kier alpha value is -0.530. The predicted octanol–water partition coefficient (Wildman–Crippen LogP) is 5.89. The first-order valence-corrected chi connectivity index (χ1v) is 8.77. The zero-order valence-electron chi connectivity index (χ0n) is 14.1. The van der Waals surface area contributed by atoms with Crippen LogP contribution in [-0.4, -0.2) is 13.1 Å². The second kappa shape index (κ2) is 14.9. The molecule has 0 amide bonds. The van der Waals surface area contributed by atoms with Gasteiger partial charge in [-0.1, -0.05) is 84.5 Å². The fourth-order valence-electron chi connectivity index (χ4n) is 2.48. The van der Waals surface area contributed by atoms with Gasteiger partial charge in [0.2, 0.25) is 0 Å². The molecule has 0 aliphatic rings. The van der Waals surface area contributed by atoms with E-state index >= 15 is 0 Å². The van der Waals surface area contributed by atoms with E-state index in [0.29, 0.717) is 6.42 Å². The lowest BCUT2D eigenvalue weighted by Gasteiger charge is -2.07. The molecule has 2 nitrogen and oxygen atoms in total. The summed E-state index contributed by atoms with van der Waals surface area (Å²) in [4.78, 5) is 10.9. The van der Waals surface area contributed by atoms with Gasteiger partial charge in [-0.05, 0) is 12.3 Å². The van der Waals surface area contributed by atoms with Gasteiger partial charge in [0.1, 0.15) is 0 Å². The highest BCUT2D eigenvalue weighted by atomic mass is 16.5. The Kier molecular flexibility index (Phi) is 14.5. The number of hydrogen-bond donors (Lipinski definition) is 0. The highest BCUT2D eigenvalue weighted by molar-refractivity contribution is 5.68. The van der Waals surface area contributed by atoms with Crippen LogP contribution in [0.2, 0.25) is 0 Å². The molecule has 2 heteroatoms. The van der Waals surface area contributed by atoms with Crippen molar-refractivity contribution < 1.29 is 9.53 Å². The molecule has 0 aromatic heterocycles. The highest BCUT2D eigenvalue weighted by Gasteiger charge is 2.00. The van der Waals surface area contributed by atoms with Gasteiger partial charge in [0.15, 0.2) is 0 Å². The summed E-state index contributed by atoms with van der Waals surface area (Å²) < 4.78 is 4.62. The summed E-state index contributed by atoms with van der Waals surface area (Å²) in [5, 5.41) is 0. The van der Waals surface area contributed by atoms with E-state index in [1.54, 1.807) is 0 Å². The van der Waals surface area contributed by atoms with E-state index in [1.807, 2.05) is 0 Å². The lowest BCUT2D eigenvalue weighted by Crippen LogP contribution is -1.99. The van der Waals surface area contributed by atoms with Crippen molar-refractivity contribution in [3.8, 4) is 0 Å². The van der Waals surface area contributed by atoms with Gasteiger partial charge in [-0.15, -0.1) is 0 Å². The number of esters is 1. The number of carbonyl (C=O) groups is 1. The SMILES string of the molecule is CCC(C)CCCCCCCCCCCCC(=O)OC. The largest absolute Gasteiger partial charge is 0.469 e. The Morgan fingerprint density at radius 1 is 0.850 bits per heavy atom. The number of carbonyl (C=O) groups excluding carboxylic acids is 1. The maximum Gasteiger partial charge on any atom is 0.305 e. The monoisotopic (exact) mass is 284 g/mol. The quantitative estimate of drug-likeness (QED) is 0.294. The van der Waals surface area contributed by atoms with Gasteiger partial charge in [0, 0.05) is 6.42 Å². The molecule has 20 heavy (non-hydrogen) atoms. The number of hydrogen-bond acceptors (Lipinski definition) is 2. The Morgan fingerprint density at radius 3 is 1.75 bits per heavy atom. The van der Waals surface area contributed by atoms with Crippen LogP contribution in [0.25, 0.3) is 0 Å². The molecule has 0 aromatic carbocycles. The van der Waals surface area contributed by atoms with E-state index in [-0.39, 0.29) is 5.97 Å². The first-order valence-electron chi connectivity index (χ1n) is 8.77. The Balaban J connectivity index is 3.04. The maximum absolute atomic E-state index is 10.9. The topological polar surface area (TPSA) is 26.3 Å². The van der Waals surface area contributed by atoms with Crippen molar-refractivity contribution in [3.05, 3.63) is 0 Å². The van der Waals surface area contributed by atoms with Gasteiger partial charge in [-0.3, -0.25) is 4.79 Å². The summed E-state index contributed by atoms with van der Waals surface area (Å²) in [5.41, 5.74) is 0. The van der Waals surface area contributed by atoms with E-state index < -0.39 is 0 Å². The molecule has 0 aromatic rings. The molecule has 1 atom stereocenters. The van der Waals surface area contributed by atoms with Gasteiger partial charge in [-0.2, -0.15) is 0 Å².